The molecule has 0 saturated carbocycles. The fraction of sp³-hybridized carbons (Fsp3) is 1.00. The summed E-state index contributed by atoms with van der Waals surface area (Å²) in [6, 6.07) is 0.0593. The lowest BCUT2D eigenvalue weighted by Gasteiger charge is -2.22. The van der Waals surface area contributed by atoms with Crippen molar-refractivity contribution in [1.29, 1.82) is 0 Å². The average Bonchev–Trinajstić information content (AvgIpc) is 2.69. The van der Waals surface area contributed by atoms with Crippen molar-refractivity contribution in [3.63, 3.8) is 0 Å². The van der Waals surface area contributed by atoms with Gasteiger partial charge < -0.3 is 10.1 Å². The molecule has 1 aliphatic rings. The molecule has 0 aromatic heterocycles. The lowest BCUT2D eigenvalue weighted by atomic mass is 10.0. The molecule has 4 nitrogen and oxygen atoms in total. The zero-order valence-corrected chi connectivity index (χ0v) is 11.1. The molecular formula is C11H23NO3S. The summed E-state index contributed by atoms with van der Waals surface area (Å²) in [5, 5.41) is 3.28. The molecule has 16 heavy (non-hydrogen) atoms. The van der Waals surface area contributed by atoms with Crippen molar-refractivity contribution >= 4 is 9.84 Å². The molecule has 1 heterocycles. The number of ether oxygens (including phenoxy) is 1. The Morgan fingerprint density at radius 2 is 2.19 bits per heavy atom. The highest BCUT2D eigenvalue weighted by molar-refractivity contribution is 7.91. The number of hydrogen-bond donors (Lipinski definition) is 1. The molecule has 0 aromatic rings. The van der Waals surface area contributed by atoms with Crippen LogP contribution in [-0.2, 0) is 14.6 Å². The van der Waals surface area contributed by atoms with E-state index in [9.17, 15) is 8.42 Å². The summed E-state index contributed by atoms with van der Waals surface area (Å²) in [6.45, 7) is 6.18. The van der Waals surface area contributed by atoms with E-state index in [1.165, 1.54) is 0 Å². The van der Waals surface area contributed by atoms with Gasteiger partial charge in [-0.1, -0.05) is 13.8 Å². The van der Waals surface area contributed by atoms with Crippen LogP contribution >= 0.6 is 0 Å². The van der Waals surface area contributed by atoms with Crippen LogP contribution in [0.2, 0.25) is 0 Å². The summed E-state index contributed by atoms with van der Waals surface area (Å²) < 4.78 is 28.9. The first-order chi connectivity index (χ1) is 7.59. The van der Waals surface area contributed by atoms with Crippen molar-refractivity contribution in [2.24, 2.45) is 5.92 Å². The largest absolute Gasteiger partial charge is 0.381 e. The van der Waals surface area contributed by atoms with Crippen molar-refractivity contribution < 1.29 is 13.2 Å². The monoisotopic (exact) mass is 249 g/mol. The van der Waals surface area contributed by atoms with Gasteiger partial charge in [0.15, 0.2) is 9.84 Å². The van der Waals surface area contributed by atoms with E-state index in [-0.39, 0.29) is 11.8 Å². The molecule has 0 amide bonds. The van der Waals surface area contributed by atoms with E-state index in [0.717, 1.165) is 19.6 Å². The van der Waals surface area contributed by atoms with Gasteiger partial charge in [0.2, 0.25) is 0 Å². The Morgan fingerprint density at radius 1 is 1.44 bits per heavy atom. The first-order valence-corrected chi connectivity index (χ1v) is 7.92. The molecular weight excluding hydrogens is 226 g/mol. The van der Waals surface area contributed by atoms with Gasteiger partial charge in [0.25, 0.3) is 0 Å². The van der Waals surface area contributed by atoms with Gasteiger partial charge in [-0.2, -0.15) is 0 Å². The first-order valence-electron chi connectivity index (χ1n) is 6.10. The first kappa shape index (κ1) is 13.9. The van der Waals surface area contributed by atoms with E-state index in [2.05, 4.69) is 5.32 Å². The second-order valence-corrected chi connectivity index (χ2v) is 6.63. The molecule has 0 aromatic carbocycles. The normalized spacial score (nSPS) is 23.5. The van der Waals surface area contributed by atoms with Gasteiger partial charge in [-0.15, -0.1) is 0 Å². The Morgan fingerprint density at radius 3 is 2.69 bits per heavy atom. The van der Waals surface area contributed by atoms with Gasteiger partial charge in [0.05, 0.1) is 12.4 Å². The van der Waals surface area contributed by atoms with Crippen molar-refractivity contribution in [3.05, 3.63) is 0 Å². The molecule has 0 aliphatic carbocycles. The molecule has 2 unspecified atom stereocenters. The van der Waals surface area contributed by atoms with Crippen molar-refractivity contribution in [2.75, 3.05) is 31.3 Å². The van der Waals surface area contributed by atoms with Crippen LogP contribution in [-0.4, -0.2) is 45.7 Å². The van der Waals surface area contributed by atoms with Gasteiger partial charge in [-0.25, -0.2) is 8.42 Å². The van der Waals surface area contributed by atoms with E-state index < -0.39 is 9.84 Å². The molecule has 1 fully saturated rings. The molecule has 0 radical (unpaired) electrons. The van der Waals surface area contributed by atoms with Crippen molar-refractivity contribution in [2.45, 2.75) is 32.7 Å². The van der Waals surface area contributed by atoms with Gasteiger partial charge in [-0.05, 0) is 19.4 Å². The van der Waals surface area contributed by atoms with Crippen LogP contribution in [0.3, 0.4) is 0 Å². The Kier molecular flexibility index (Phi) is 5.72. The summed E-state index contributed by atoms with van der Waals surface area (Å²) in [6.07, 6.45) is 1.67. The summed E-state index contributed by atoms with van der Waals surface area (Å²) in [7, 11) is -2.91. The van der Waals surface area contributed by atoms with Gasteiger partial charge in [0, 0.05) is 24.3 Å². The second kappa shape index (κ2) is 6.57. The van der Waals surface area contributed by atoms with E-state index >= 15 is 0 Å². The van der Waals surface area contributed by atoms with E-state index in [0.29, 0.717) is 24.7 Å². The van der Waals surface area contributed by atoms with Crippen LogP contribution in [0.25, 0.3) is 0 Å². The predicted octanol–water partition coefficient (Wildman–Crippen LogP) is 0.826. The van der Waals surface area contributed by atoms with Crippen molar-refractivity contribution in [1.82, 2.24) is 5.32 Å². The molecule has 0 spiro atoms. The number of hydrogen-bond acceptors (Lipinski definition) is 4. The Hall–Kier alpha value is -0.130. The highest BCUT2D eigenvalue weighted by atomic mass is 32.2. The minimum Gasteiger partial charge on any atom is -0.381 e. The highest BCUT2D eigenvalue weighted by Gasteiger charge is 2.28. The third-order valence-corrected chi connectivity index (χ3v) is 4.85. The molecule has 1 saturated heterocycles. The fourth-order valence-electron chi connectivity index (χ4n) is 2.16. The lowest BCUT2D eigenvalue weighted by Crippen LogP contribution is -2.42. The Balaban J connectivity index is 2.56. The van der Waals surface area contributed by atoms with Crippen LogP contribution in [0.5, 0.6) is 0 Å². The van der Waals surface area contributed by atoms with E-state index in [1.54, 1.807) is 0 Å². The molecule has 1 N–H and O–H groups in total. The standard InChI is InChI=1S/C11H23NO3S/c1-3-7-16(13,14)9-11(12-4-2)10-5-6-15-8-10/h10-12H,3-9H2,1-2H3. The number of sulfone groups is 1. The maximum Gasteiger partial charge on any atom is 0.151 e. The van der Waals surface area contributed by atoms with Gasteiger partial charge >= 0.3 is 0 Å². The van der Waals surface area contributed by atoms with Crippen LogP contribution < -0.4 is 5.32 Å². The smallest absolute Gasteiger partial charge is 0.151 e. The Labute approximate surface area is 98.7 Å². The summed E-state index contributed by atoms with van der Waals surface area (Å²) in [5.41, 5.74) is 0. The minimum atomic E-state index is -2.91. The van der Waals surface area contributed by atoms with Gasteiger partial charge in [-0.3, -0.25) is 0 Å². The molecule has 0 bridgehead atoms. The second-order valence-electron chi connectivity index (χ2n) is 4.40. The number of rotatable bonds is 7. The predicted molar refractivity (Wildman–Crippen MR) is 65.3 cm³/mol. The summed E-state index contributed by atoms with van der Waals surface area (Å²) >= 11 is 0. The fourth-order valence-corrected chi connectivity index (χ4v) is 3.89. The average molecular weight is 249 g/mol. The quantitative estimate of drug-likeness (QED) is 0.726. The topological polar surface area (TPSA) is 55.4 Å². The highest BCUT2D eigenvalue weighted by Crippen LogP contribution is 2.18. The van der Waals surface area contributed by atoms with Gasteiger partial charge in [0.1, 0.15) is 0 Å². The van der Waals surface area contributed by atoms with Crippen LogP contribution in [0.4, 0.5) is 0 Å². The zero-order valence-electron chi connectivity index (χ0n) is 10.2. The van der Waals surface area contributed by atoms with Crippen LogP contribution in [0.15, 0.2) is 0 Å². The van der Waals surface area contributed by atoms with E-state index in [1.807, 2.05) is 13.8 Å². The molecule has 1 rings (SSSR count). The minimum absolute atomic E-state index is 0.0593. The maximum atomic E-state index is 11.8. The third-order valence-electron chi connectivity index (χ3n) is 2.95. The zero-order chi connectivity index (χ0) is 12.0. The summed E-state index contributed by atoms with van der Waals surface area (Å²) in [4.78, 5) is 0. The lowest BCUT2D eigenvalue weighted by molar-refractivity contribution is 0.179. The SMILES string of the molecule is CCCS(=O)(=O)CC(NCC)C1CCOC1. The van der Waals surface area contributed by atoms with E-state index in [4.69, 9.17) is 4.74 Å². The van der Waals surface area contributed by atoms with Crippen molar-refractivity contribution in [3.8, 4) is 0 Å². The summed E-state index contributed by atoms with van der Waals surface area (Å²) in [5.74, 6) is 0.900. The molecule has 1 aliphatic heterocycles. The van der Waals surface area contributed by atoms with Crippen LogP contribution in [0, 0.1) is 5.92 Å². The Bertz CT molecular complexity index is 284. The third kappa shape index (κ3) is 4.39. The molecule has 2 atom stereocenters. The maximum absolute atomic E-state index is 11.8. The van der Waals surface area contributed by atoms with Crippen LogP contribution in [0.1, 0.15) is 26.7 Å². The molecule has 96 valence electrons. The molecule has 5 heteroatoms. The number of nitrogens with one attached hydrogen (secondary N) is 1.